The minimum atomic E-state index is -0.521. The molecule has 1 aromatic heterocycles. The van der Waals surface area contributed by atoms with Gasteiger partial charge in [-0.25, -0.2) is 4.39 Å². The molecule has 0 atom stereocenters. The van der Waals surface area contributed by atoms with Gasteiger partial charge in [0.25, 0.3) is 5.91 Å². The van der Waals surface area contributed by atoms with Crippen molar-refractivity contribution < 1.29 is 23.1 Å². The van der Waals surface area contributed by atoms with Crippen LogP contribution in [0, 0.1) is 12.7 Å². The maximum absolute atomic E-state index is 13.8. The summed E-state index contributed by atoms with van der Waals surface area (Å²) in [5.74, 6) is -1.29. The van der Waals surface area contributed by atoms with Crippen molar-refractivity contribution >= 4 is 34.2 Å². The van der Waals surface area contributed by atoms with Crippen LogP contribution in [0.4, 0.5) is 15.8 Å². The van der Waals surface area contributed by atoms with Gasteiger partial charge in [-0.15, -0.1) is 0 Å². The van der Waals surface area contributed by atoms with Gasteiger partial charge in [-0.05, 0) is 31.2 Å². The number of nitrogens with one attached hydrogen (secondary N) is 2. The first kappa shape index (κ1) is 17.6. The second-order valence-corrected chi connectivity index (χ2v) is 5.69. The number of hydrogen-bond donors (Lipinski definition) is 2. The molecule has 134 valence electrons. The third-order valence-electron chi connectivity index (χ3n) is 3.80. The van der Waals surface area contributed by atoms with Gasteiger partial charge in [-0.3, -0.25) is 9.59 Å². The van der Waals surface area contributed by atoms with Gasteiger partial charge < -0.3 is 19.8 Å². The van der Waals surface area contributed by atoms with Gasteiger partial charge in [0.15, 0.2) is 17.2 Å². The molecule has 0 aliphatic heterocycles. The van der Waals surface area contributed by atoms with Crippen LogP contribution in [0.3, 0.4) is 0 Å². The van der Waals surface area contributed by atoms with Crippen molar-refractivity contribution in [3.63, 3.8) is 0 Å². The number of aryl methyl sites for hydroxylation is 1. The van der Waals surface area contributed by atoms with Crippen LogP contribution < -0.4 is 10.6 Å². The van der Waals surface area contributed by atoms with Gasteiger partial charge in [-0.2, -0.15) is 0 Å². The fourth-order valence-corrected chi connectivity index (χ4v) is 2.62. The lowest BCUT2D eigenvalue weighted by Gasteiger charge is -2.08. The zero-order valence-corrected chi connectivity index (χ0v) is 14.3. The SMILES string of the molecule is COCC(=O)Nc1cccc(NC(=O)c2oc3c(F)cccc3c2C)c1. The molecule has 0 bridgehead atoms. The third kappa shape index (κ3) is 3.57. The molecule has 3 rings (SSSR count). The second kappa shape index (κ2) is 7.37. The lowest BCUT2D eigenvalue weighted by atomic mass is 10.1. The van der Waals surface area contributed by atoms with E-state index in [1.165, 1.54) is 13.2 Å². The van der Waals surface area contributed by atoms with Gasteiger partial charge >= 0.3 is 0 Å². The van der Waals surface area contributed by atoms with Crippen LogP contribution in [-0.2, 0) is 9.53 Å². The molecule has 0 radical (unpaired) electrons. The molecule has 0 unspecified atom stereocenters. The van der Waals surface area contributed by atoms with Crippen molar-refractivity contribution in [3.8, 4) is 0 Å². The number of hydrogen-bond acceptors (Lipinski definition) is 4. The van der Waals surface area contributed by atoms with Crippen LogP contribution in [0.15, 0.2) is 46.9 Å². The molecule has 0 fully saturated rings. The Kier molecular flexibility index (Phi) is 4.99. The van der Waals surface area contributed by atoms with E-state index >= 15 is 0 Å². The molecule has 0 spiro atoms. The number of anilines is 2. The van der Waals surface area contributed by atoms with E-state index in [0.717, 1.165) is 0 Å². The number of halogens is 1. The zero-order valence-electron chi connectivity index (χ0n) is 14.3. The average Bonchev–Trinajstić information content (AvgIpc) is 2.94. The maximum atomic E-state index is 13.8. The Morgan fingerprint density at radius 2 is 1.81 bits per heavy atom. The summed E-state index contributed by atoms with van der Waals surface area (Å²) in [6, 6.07) is 11.2. The maximum Gasteiger partial charge on any atom is 0.291 e. The smallest absolute Gasteiger partial charge is 0.291 e. The van der Waals surface area contributed by atoms with Crippen molar-refractivity contribution in [3.05, 3.63) is 59.6 Å². The zero-order chi connectivity index (χ0) is 18.7. The van der Waals surface area contributed by atoms with Gasteiger partial charge in [0.2, 0.25) is 5.91 Å². The van der Waals surface area contributed by atoms with Crippen molar-refractivity contribution in [2.75, 3.05) is 24.4 Å². The molecule has 3 aromatic rings. The fraction of sp³-hybridized carbons (Fsp3) is 0.158. The largest absolute Gasteiger partial charge is 0.448 e. The average molecular weight is 356 g/mol. The number of furan rings is 1. The molecule has 26 heavy (non-hydrogen) atoms. The summed E-state index contributed by atoms with van der Waals surface area (Å²) in [6.07, 6.45) is 0. The van der Waals surface area contributed by atoms with E-state index in [0.29, 0.717) is 22.3 Å². The summed E-state index contributed by atoms with van der Waals surface area (Å²) < 4.78 is 24.0. The van der Waals surface area contributed by atoms with Crippen LogP contribution in [0.25, 0.3) is 11.0 Å². The number of fused-ring (bicyclic) bond motifs is 1. The van der Waals surface area contributed by atoms with E-state index in [1.54, 1.807) is 43.3 Å². The van der Waals surface area contributed by atoms with Gasteiger partial charge in [-0.1, -0.05) is 18.2 Å². The Balaban J connectivity index is 1.81. The highest BCUT2D eigenvalue weighted by Crippen LogP contribution is 2.28. The highest BCUT2D eigenvalue weighted by Gasteiger charge is 2.19. The summed E-state index contributed by atoms with van der Waals surface area (Å²) in [7, 11) is 1.43. The lowest BCUT2D eigenvalue weighted by molar-refractivity contribution is -0.119. The Hall–Kier alpha value is -3.19. The first-order chi connectivity index (χ1) is 12.5. The summed E-state index contributed by atoms with van der Waals surface area (Å²) in [5.41, 5.74) is 1.58. The molecule has 2 N–H and O–H groups in total. The Morgan fingerprint density at radius 3 is 2.50 bits per heavy atom. The summed E-state index contributed by atoms with van der Waals surface area (Å²) in [6.45, 7) is 1.63. The Morgan fingerprint density at radius 1 is 1.12 bits per heavy atom. The third-order valence-corrected chi connectivity index (χ3v) is 3.80. The highest BCUT2D eigenvalue weighted by molar-refractivity contribution is 6.06. The Labute approximate surface area is 148 Å². The van der Waals surface area contributed by atoms with Crippen LogP contribution in [0.5, 0.6) is 0 Å². The second-order valence-electron chi connectivity index (χ2n) is 5.69. The number of benzene rings is 2. The van der Waals surface area contributed by atoms with E-state index < -0.39 is 11.7 Å². The molecule has 6 nitrogen and oxygen atoms in total. The van der Waals surface area contributed by atoms with Gasteiger partial charge in [0.05, 0.1) is 0 Å². The molecule has 7 heteroatoms. The Bertz CT molecular complexity index is 981. The van der Waals surface area contributed by atoms with E-state index in [2.05, 4.69) is 10.6 Å². The monoisotopic (exact) mass is 356 g/mol. The number of para-hydroxylation sites is 1. The predicted molar refractivity (Wildman–Crippen MR) is 95.8 cm³/mol. The molecule has 2 aromatic carbocycles. The number of amides is 2. The van der Waals surface area contributed by atoms with Crippen molar-refractivity contribution in [2.24, 2.45) is 0 Å². The molecule has 0 aliphatic rings. The number of ether oxygens (including phenoxy) is 1. The van der Waals surface area contributed by atoms with E-state index in [4.69, 9.17) is 9.15 Å². The number of rotatable bonds is 5. The molecule has 0 aliphatic carbocycles. The highest BCUT2D eigenvalue weighted by atomic mass is 19.1. The van der Waals surface area contributed by atoms with Crippen molar-refractivity contribution in [2.45, 2.75) is 6.92 Å². The molecular weight excluding hydrogens is 339 g/mol. The molecular formula is C19H17FN2O4. The number of carbonyl (C=O) groups excluding carboxylic acids is 2. The van der Waals surface area contributed by atoms with Crippen LogP contribution in [-0.4, -0.2) is 25.5 Å². The fourth-order valence-electron chi connectivity index (χ4n) is 2.62. The topological polar surface area (TPSA) is 80.6 Å². The molecule has 2 amide bonds. The summed E-state index contributed by atoms with van der Waals surface area (Å²) in [5, 5.41) is 5.89. The first-order valence-corrected chi connectivity index (χ1v) is 7.87. The normalized spacial score (nSPS) is 10.7. The van der Waals surface area contributed by atoms with Crippen molar-refractivity contribution in [1.82, 2.24) is 0 Å². The summed E-state index contributed by atoms with van der Waals surface area (Å²) >= 11 is 0. The predicted octanol–water partition coefficient (Wildman–Crippen LogP) is 3.72. The first-order valence-electron chi connectivity index (χ1n) is 7.87. The van der Waals surface area contributed by atoms with Crippen LogP contribution in [0.1, 0.15) is 16.1 Å². The molecule has 0 saturated carbocycles. The molecule has 1 heterocycles. The number of carbonyl (C=O) groups is 2. The minimum Gasteiger partial charge on any atom is -0.448 e. The van der Waals surface area contributed by atoms with Crippen LogP contribution >= 0.6 is 0 Å². The quantitative estimate of drug-likeness (QED) is 0.730. The van der Waals surface area contributed by atoms with E-state index in [-0.39, 0.29) is 23.9 Å². The van der Waals surface area contributed by atoms with Crippen LogP contribution in [0.2, 0.25) is 0 Å². The van der Waals surface area contributed by atoms with Gasteiger partial charge in [0, 0.05) is 29.4 Å². The summed E-state index contributed by atoms with van der Waals surface area (Å²) in [4.78, 5) is 24.1. The van der Waals surface area contributed by atoms with E-state index in [9.17, 15) is 14.0 Å². The lowest BCUT2D eigenvalue weighted by Crippen LogP contribution is -2.17. The minimum absolute atomic E-state index is 0.0407. The van der Waals surface area contributed by atoms with E-state index in [1.807, 2.05) is 0 Å². The standard InChI is InChI=1S/C19H17FN2O4/c1-11-14-7-4-8-15(20)18(14)26-17(11)19(24)22-13-6-3-5-12(9-13)21-16(23)10-25-2/h3-9H,10H2,1-2H3,(H,21,23)(H,22,24). The van der Waals surface area contributed by atoms with Crippen molar-refractivity contribution in [1.29, 1.82) is 0 Å². The van der Waals surface area contributed by atoms with Gasteiger partial charge in [0.1, 0.15) is 6.61 Å². The number of methoxy groups -OCH3 is 1. The molecule has 0 saturated heterocycles.